The van der Waals surface area contributed by atoms with Crippen LogP contribution < -0.4 is 0 Å². The van der Waals surface area contributed by atoms with E-state index in [-0.39, 0.29) is 5.92 Å². The lowest BCUT2D eigenvalue weighted by Crippen LogP contribution is -2.03. The third kappa shape index (κ3) is 3.23. The van der Waals surface area contributed by atoms with Gasteiger partial charge in [-0.1, -0.05) is 64.1 Å². The highest BCUT2D eigenvalue weighted by atomic mass is 16.3. The second-order valence-corrected chi connectivity index (χ2v) is 10.3. The Bertz CT molecular complexity index is 1950. The van der Waals surface area contributed by atoms with Gasteiger partial charge in [0.2, 0.25) is 0 Å². The number of nitrogens with zero attached hydrogens (tertiary/aromatic N) is 4. The summed E-state index contributed by atoms with van der Waals surface area (Å²) in [7, 11) is 0. The maximum absolute atomic E-state index is 6.56. The summed E-state index contributed by atoms with van der Waals surface area (Å²) in [6.07, 6.45) is 0. The van der Waals surface area contributed by atoms with Crippen LogP contribution in [-0.4, -0.2) is 19.1 Å². The lowest BCUT2D eigenvalue weighted by Gasteiger charge is -2.12. The van der Waals surface area contributed by atoms with E-state index in [0.717, 1.165) is 67.0 Å². The molecule has 0 fully saturated rings. The predicted octanol–water partition coefficient (Wildman–Crippen LogP) is 8.51. The van der Waals surface area contributed by atoms with Crippen molar-refractivity contribution in [1.82, 2.24) is 19.1 Å². The van der Waals surface area contributed by atoms with E-state index in [1.54, 1.807) is 0 Å². The first-order chi connectivity index (χ1) is 18.0. The Morgan fingerprint density at radius 2 is 1.24 bits per heavy atom. The zero-order chi connectivity index (χ0) is 25.3. The van der Waals surface area contributed by atoms with Crippen molar-refractivity contribution in [2.45, 2.75) is 39.5 Å². The van der Waals surface area contributed by atoms with E-state index in [2.05, 4.69) is 110 Å². The van der Waals surface area contributed by atoms with E-state index in [0.29, 0.717) is 5.92 Å². The molecule has 3 aromatic heterocycles. The van der Waals surface area contributed by atoms with Gasteiger partial charge in [-0.3, -0.25) is 9.13 Å². The maximum Gasteiger partial charge on any atom is 0.159 e. The Kier molecular flexibility index (Phi) is 4.77. The average molecular weight is 485 g/mol. The van der Waals surface area contributed by atoms with Crippen molar-refractivity contribution in [3.8, 4) is 11.4 Å². The number of rotatable bonds is 4. The minimum atomic E-state index is 0.266. The fourth-order valence-electron chi connectivity index (χ4n) is 5.48. The second-order valence-electron chi connectivity index (χ2n) is 10.3. The van der Waals surface area contributed by atoms with E-state index >= 15 is 0 Å². The number of fused-ring (bicyclic) bond motifs is 5. The van der Waals surface area contributed by atoms with Crippen LogP contribution in [0.25, 0.3) is 55.4 Å². The Labute approximate surface area is 215 Å². The molecule has 7 aromatic rings. The molecule has 4 aromatic carbocycles. The fourth-order valence-corrected chi connectivity index (χ4v) is 5.48. The molecule has 182 valence electrons. The minimum absolute atomic E-state index is 0.266. The van der Waals surface area contributed by atoms with E-state index < -0.39 is 0 Å². The van der Waals surface area contributed by atoms with Gasteiger partial charge in [0, 0.05) is 28.3 Å². The van der Waals surface area contributed by atoms with E-state index in [4.69, 9.17) is 14.4 Å². The summed E-state index contributed by atoms with van der Waals surface area (Å²) in [4.78, 5) is 9.91. The van der Waals surface area contributed by atoms with E-state index in [1.165, 1.54) is 0 Å². The van der Waals surface area contributed by atoms with Crippen LogP contribution in [0.3, 0.4) is 0 Å². The minimum Gasteiger partial charge on any atom is -0.454 e. The van der Waals surface area contributed by atoms with Crippen molar-refractivity contribution in [1.29, 1.82) is 0 Å². The number of benzene rings is 4. The Hall–Kier alpha value is -4.38. The lowest BCUT2D eigenvalue weighted by atomic mass is 10.1. The van der Waals surface area contributed by atoms with Crippen molar-refractivity contribution in [3.63, 3.8) is 0 Å². The Morgan fingerprint density at radius 3 is 1.92 bits per heavy atom. The van der Waals surface area contributed by atoms with Crippen molar-refractivity contribution in [2.75, 3.05) is 0 Å². The quantitative estimate of drug-likeness (QED) is 0.252. The van der Waals surface area contributed by atoms with Gasteiger partial charge in [-0.25, -0.2) is 9.97 Å². The molecule has 0 bridgehead atoms. The highest BCUT2D eigenvalue weighted by Gasteiger charge is 2.21. The first-order valence-corrected chi connectivity index (χ1v) is 12.9. The maximum atomic E-state index is 6.56. The molecule has 5 heteroatoms. The molecule has 0 aliphatic carbocycles. The van der Waals surface area contributed by atoms with Crippen LogP contribution in [0.1, 0.15) is 51.2 Å². The van der Waals surface area contributed by atoms with Gasteiger partial charge < -0.3 is 4.42 Å². The van der Waals surface area contributed by atoms with Crippen LogP contribution in [0.15, 0.2) is 89.3 Å². The van der Waals surface area contributed by atoms with Crippen LogP contribution in [-0.2, 0) is 0 Å². The number of aromatic nitrogens is 4. The van der Waals surface area contributed by atoms with Crippen molar-refractivity contribution < 1.29 is 4.42 Å². The summed E-state index contributed by atoms with van der Waals surface area (Å²) in [6, 6.07) is 29.5. The molecule has 0 atom stereocenters. The highest BCUT2D eigenvalue weighted by Crippen LogP contribution is 2.37. The van der Waals surface area contributed by atoms with Gasteiger partial charge in [-0.05, 0) is 48.5 Å². The van der Waals surface area contributed by atoms with Crippen LogP contribution in [0.5, 0.6) is 0 Å². The van der Waals surface area contributed by atoms with Gasteiger partial charge in [-0.15, -0.1) is 0 Å². The molecule has 0 aliphatic heterocycles. The van der Waals surface area contributed by atoms with Crippen LogP contribution in [0.4, 0.5) is 0 Å². The standard InChI is InChI=1S/C32H28N4O/c1-19(2)31-33-24-11-5-7-13-26(24)35(31)21-16-17-29-23(18-21)22-10-9-15-28(30(22)37-29)36-27-14-8-6-12-25(27)34-32(36)20(3)4/h5-20H,1-4H3. The Balaban J connectivity index is 1.50. The van der Waals surface area contributed by atoms with Crippen molar-refractivity contribution in [2.24, 2.45) is 0 Å². The molecule has 5 nitrogen and oxygen atoms in total. The Morgan fingerprint density at radius 1 is 0.622 bits per heavy atom. The first kappa shape index (κ1) is 21.9. The summed E-state index contributed by atoms with van der Waals surface area (Å²) in [5, 5.41) is 2.19. The van der Waals surface area contributed by atoms with E-state index in [9.17, 15) is 0 Å². The summed E-state index contributed by atoms with van der Waals surface area (Å²) in [5.74, 6) is 2.64. The van der Waals surface area contributed by atoms with Crippen LogP contribution in [0.2, 0.25) is 0 Å². The fraction of sp³-hybridized carbons (Fsp3) is 0.188. The van der Waals surface area contributed by atoms with Gasteiger partial charge in [0.05, 0.1) is 27.8 Å². The summed E-state index contributed by atoms with van der Waals surface area (Å²) >= 11 is 0. The SMILES string of the molecule is CC(C)c1nc2ccccc2n1-c1ccc2oc3c(-n4c(C(C)C)nc5ccccc54)cccc3c2c1. The van der Waals surface area contributed by atoms with E-state index in [1.807, 2.05) is 12.1 Å². The molecule has 0 saturated carbocycles. The zero-order valence-electron chi connectivity index (χ0n) is 21.4. The second kappa shape index (κ2) is 8.07. The third-order valence-electron chi connectivity index (χ3n) is 7.16. The highest BCUT2D eigenvalue weighted by molar-refractivity contribution is 6.08. The summed E-state index contributed by atoms with van der Waals surface area (Å²) < 4.78 is 11.1. The van der Waals surface area contributed by atoms with Crippen molar-refractivity contribution in [3.05, 3.63) is 96.6 Å². The summed E-state index contributed by atoms with van der Waals surface area (Å²) in [6.45, 7) is 8.75. The topological polar surface area (TPSA) is 48.8 Å². The zero-order valence-corrected chi connectivity index (χ0v) is 21.4. The van der Waals surface area contributed by atoms with Gasteiger partial charge in [0.1, 0.15) is 17.2 Å². The van der Waals surface area contributed by atoms with Crippen molar-refractivity contribution >= 4 is 44.0 Å². The molecule has 0 amide bonds. The molecule has 0 unspecified atom stereocenters. The molecule has 0 N–H and O–H groups in total. The number of para-hydroxylation sites is 5. The average Bonchev–Trinajstić information content (AvgIpc) is 3.59. The van der Waals surface area contributed by atoms with Crippen LogP contribution >= 0.6 is 0 Å². The number of furan rings is 1. The number of hydrogen-bond acceptors (Lipinski definition) is 3. The van der Waals surface area contributed by atoms with Gasteiger partial charge >= 0.3 is 0 Å². The molecular formula is C32H28N4O. The monoisotopic (exact) mass is 484 g/mol. The molecule has 3 heterocycles. The first-order valence-electron chi connectivity index (χ1n) is 12.9. The third-order valence-corrected chi connectivity index (χ3v) is 7.16. The molecular weight excluding hydrogens is 456 g/mol. The molecule has 0 radical (unpaired) electrons. The van der Waals surface area contributed by atoms with Gasteiger partial charge in [0.25, 0.3) is 0 Å². The number of imidazole rings is 2. The van der Waals surface area contributed by atoms with Gasteiger partial charge in [0.15, 0.2) is 5.58 Å². The lowest BCUT2D eigenvalue weighted by molar-refractivity contribution is 0.662. The normalized spacial score (nSPS) is 12.3. The number of hydrogen-bond donors (Lipinski definition) is 0. The molecule has 0 spiro atoms. The molecule has 7 rings (SSSR count). The molecule has 0 aliphatic rings. The predicted molar refractivity (Wildman–Crippen MR) is 151 cm³/mol. The summed E-state index contributed by atoms with van der Waals surface area (Å²) in [5.41, 5.74) is 8.07. The largest absolute Gasteiger partial charge is 0.454 e. The van der Waals surface area contributed by atoms with Crippen LogP contribution in [0, 0.1) is 0 Å². The van der Waals surface area contributed by atoms with Gasteiger partial charge in [-0.2, -0.15) is 0 Å². The molecule has 37 heavy (non-hydrogen) atoms. The smallest absolute Gasteiger partial charge is 0.159 e. The molecule has 0 saturated heterocycles.